The van der Waals surface area contributed by atoms with Crippen LogP contribution in [0.3, 0.4) is 0 Å². The quantitative estimate of drug-likeness (QED) is 0.835. The number of rotatable bonds is 3. The van der Waals surface area contributed by atoms with Crippen LogP contribution in [0.5, 0.6) is 0 Å². The smallest absolute Gasteiger partial charge is 0.171 e. The van der Waals surface area contributed by atoms with Gasteiger partial charge < -0.3 is 10.6 Å². The van der Waals surface area contributed by atoms with Crippen molar-refractivity contribution in [3.8, 4) is 0 Å². The number of hydrogen-bond acceptors (Lipinski definition) is 2. The predicted octanol–water partition coefficient (Wildman–Crippen LogP) is 4.15. The van der Waals surface area contributed by atoms with Gasteiger partial charge in [0.1, 0.15) is 0 Å². The highest BCUT2D eigenvalue weighted by Crippen LogP contribution is 2.38. The lowest BCUT2D eigenvalue weighted by Crippen LogP contribution is -2.45. The third-order valence-corrected chi connectivity index (χ3v) is 4.56. The van der Waals surface area contributed by atoms with Gasteiger partial charge in [-0.2, -0.15) is 0 Å². The lowest BCUT2D eigenvalue weighted by atomic mass is 9.88. The molecule has 0 spiro atoms. The Kier molecular flexibility index (Phi) is 4.39. The van der Waals surface area contributed by atoms with Gasteiger partial charge in [0.25, 0.3) is 0 Å². The summed E-state index contributed by atoms with van der Waals surface area (Å²) in [6.07, 6.45) is 8.23. The van der Waals surface area contributed by atoms with Gasteiger partial charge in [-0.25, -0.2) is 0 Å². The maximum atomic E-state index is 5.53. The molecular formula is C18H21N3S. The van der Waals surface area contributed by atoms with E-state index in [1.165, 1.54) is 24.0 Å². The Morgan fingerprint density at radius 2 is 1.68 bits per heavy atom. The minimum atomic E-state index is -0.0369. The second-order valence-electron chi connectivity index (χ2n) is 5.97. The van der Waals surface area contributed by atoms with E-state index in [2.05, 4.69) is 46.8 Å². The number of hydrogen-bond donors (Lipinski definition) is 2. The zero-order valence-electron chi connectivity index (χ0n) is 12.8. The molecule has 0 aliphatic heterocycles. The van der Waals surface area contributed by atoms with Crippen LogP contribution in [-0.2, 0) is 5.54 Å². The molecule has 3 rings (SSSR count). The molecule has 1 aliphatic rings. The van der Waals surface area contributed by atoms with E-state index in [9.17, 15) is 0 Å². The SMILES string of the molecule is Cc1ccc(C2(NC(=S)Nc3ccncc3)CCCC2)cc1. The molecule has 1 aromatic heterocycles. The molecule has 0 atom stereocenters. The Morgan fingerprint density at radius 1 is 1.05 bits per heavy atom. The van der Waals surface area contributed by atoms with Crippen molar-refractivity contribution in [2.24, 2.45) is 0 Å². The summed E-state index contributed by atoms with van der Waals surface area (Å²) >= 11 is 5.53. The van der Waals surface area contributed by atoms with E-state index in [-0.39, 0.29) is 5.54 Å². The maximum Gasteiger partial charge on any atom is 0.171 e. The molecule has 4 heteroatoms. The van der Waals surface area contributed by atoms with Crippen molar-refractivity contribution in [3.63, 3.8) is 0 Å². The van der Waals surface area contributed by atoms with Gasteiger partial charge in [0.15, 0.2) is 5.11 Å². The summed E-state index contributed by atoms with van der Waals surface area (Å²) in [7, 11) is 0. The standard InChI is InChI=1S/C18H21N3S/c1-14-4-6-15(7-5-14)18(10-2-3-11-18)21-17(22)20-16-8-12-19-13-9-16/h4-9,12-13H,2-3,10-11H2,1H3,(H2,19,20,21,22). The first-order valence-electron chi connectivity index (χ1n) is 7.74. The summed E-state index contributed by atoms with van der Waals surface area (Å²) in [5.74, 6) is 0. The number of aromatic nitrogens is 1. The van der Waals surface area contributed by atoms with Crippen LogP contribution in [0.1, 0.15) is 36.8 Å². The van der Waals surface area contributed by atoms with Crippen LogP contribution in [0, 0.1) is 6.92 Å². The molecule has 0 unspecified atom stereocenters. The summed E-state index contributed by atoms with van der Waals surface area (Å²) < 4.78 is 0. The molecule has 114 valence electrons. The molecule has 22 heavy (non-hydrogen) atoms. The third kappa shape index (κ3) is 3.28. The topological polar surface area (TPSA) is 37.0 Å². The van der Waals surface area contributed by atoms with Crippen molar-refractivity contribution >= 4 is 23.0 Å². The highest BCUT2D eigenvalue weighted by molar-refractivity contribution is 7.80. The molecule has 0 radical (unpaired) electrons. The monoisotopic (exact) mass is 311 g/mol. The van der Waals surface area contributed by atoms with Gasteiger partial charge in [-0.05, 0) is 49.7 Å². The van der Waals surface area contributed by atoms with Crippen molar-refractivity contribution in [2.75, 3.05) is 5.32 Å². The van der Waals surface area contributed by atoms with Gasteiger partial charge in [-0.1, -0.05) is 42.7 Å². The van der Waals surface area contributed by atoms with Gasteiger partial charge in [0.05, 0.1) is 5.54 Å². The van der Waals surface area contributed by atoms with E-state index in [0.717, 1.165) is 18.5 Å². The summed E-state index contributed by atoms with van der Waals surface area (Å²) in [5.41, 5.74) is 3.54. The molecule has 0 bridgehead atoms. The van der Waals surface area contributed by atoms with Crippen molar-refractivity contribution in [2.45, 2.75) is 38.1 Å². The number of nitrogens with one attached hydrogen (secondary N) is 2. The first-order chi connectivity index (χ1) is 10.7. The molecule has 2 N–H and O–H groups in total. The minimum Gasteiger partial charge on any atom is -0.353 e. The predicted molar refractivity (Wildman–Crippen MR) is 94.9 cm³/mol. The molecule has 0 amide bonds. The number of aryl methyl sites for hydroxylation is 1. The Hall–Kier alpha value is -1.94. The van der Waals surface area contributed by atoms with Crippen LogP contribution in [0.2, 0.25) is 0 Å². The molecule has 2 aromatic rings. The zero-order chi connectivity index (χ0) is 15.4. The number of benzene rings is 1. The fraction of sp³-hybridized carbons (Fsp3) is 0.333. The van der Waals surface area contributed by atoms with Crippen LogP contribution in [0.15, 0.2) is 48.8 Å². The van der Waals surface area contributed by atoms with E-state index in [0.29, 0.717) is 5.11 Å². The summed E-state index contributed by atoms with van der Waals surface area (Å²) in [5, 5.41) is 7.51. The second kappa shape index (κ2) is 6.44. The number of pyridine rings is 1. The lowest BCUT2D eigenvalue weighted by molar-refractivity contribution is 0.408. The van der Waals surface area contributed by atoms with Crippen LogP contribution in [0.4, 0.5) is 5.69 Å². The Morgan fingerprint density at radius 3 is 2.32 bits per heavy atom. The molecule has 3 nitrogen and oxygen atoms in total. The first kappa shape index (κ1) is 15.0. The number of thiocarbonyl (C=S) groups is 1. The maximum absolute atomic E-state index is 5.53. The molecule has 1 aromatic carbocycles. The normalized spacial score (nSPS) is 16.2. The second-order valence-corrected chi connectivity index (χ2v) is 6.38. The Balaban J connectivity index is 1.77. The van der Waals surface area contributed by atoms with E-state index in [1.54, 1.807) is 12.4 Å². The third-order valence-electron chi connectivity index (χ3n) is 4.35. The minimum absolute atomic E-state index is 0.0369. The van der Waals surface area contributed by atoms with Gasteiger partial charge >= 0.3 is 0 Å². The van der Waals surface area contributed by atoms with Crippen LogP contribution in [0.25, 0.3) is 0 Å². The molecule has 1 fully saturated rings. The number of anilines is 1. The van der Waals surface area contributed by atoms with Crippen molar-refractivity contribution in [1.29, 1.82) is 0 Å². The molecular weight excluding hydrogens is 290 g/mol. The Bertz CT molecular complexity index is 631. The first-order valence-corrected chi connectivity index (χ1v) is 8.15. The van der Waals surface area contributed by atoms with E-state index < -0.39 is 0 Å². The molecule has 1 saturated carbocycles. The molecule has 1 aliphatic carbocycles. The largest absolute Gasteiger partial charge is 0.353 e. The van der Waals surface area contributed by atoms with Crippen molar-refractivity contribution in [3.05, 3.63) is 59.9 Å². The van der Waals surface area contributed by atoms with Gasteiger partial charge in [0, 0.05) is 18.1 Å². The van der Waals surface area contributed by atoms with E-state index >= 15 is 0 Å². The fourth-order valence-electron chi connectivity index (χ4n) is 3.15. The van der Waals surface area contributed by atoms with Crippen LogP contribution < -0.4 is 10.6 Å². The molecule has 1 heterocycles. The summed E-state index contributed by atoms with van der Waals surface area (Å²) in [6, 6.07) is 12.6. The van der Waals surface area contributed by atoms with Gasteiger partial charge in [0.2, 0.25) is 0 Å². The molecule has 0 saturated heterocycles. The number of nitrogens with zero attached hydrogens (tertiary/aromatic N) is 1. The van der Waals surface area contributed by atoms with Gasteiger partial charge in [-0.15, -0.1) is 0 Å². The average Bonchev–Trinajstić information content (AvgIpc) is 2.98. The highest BCUT2D eigenvalue weighted by Gasteiger charge is 2.36. The average molecular weight is 311 g/mol. The van der Waals surface area contributed by atoms with E-state index in [4.69, 9.17) is 12.2 Å². The van der Waals surface area contributed by atoms with Crippen molar-refractivity contribution in [1.82, 2.24) is 10.3 Å². The lowest BCUT2D eigenvalue weighted by Gasteiger charge is -2.32. The fourth-order valence-corrected chi connectivity index (χ4v) is 3.47. The Labute approximate surface area is 137 Å². The van der Waals surface area contributed by atoms with Crippen LogP contribution in [-0.4, -0.2) is 10.1 Å². The van der Waals surface area contributed by atoms with Crippen molar-refractivity contribution < 1.29 is 0 Å². The van der Waals surface area contributed by atoms with Crippen LogP contribution >= 0.6 is 12.2 Å². The summed E-state index contributed by atoms with van der Waals surface area (Å²) in [6.45, 7) is 2.12. The highest BCUT2D eigenvalue weighted by atomic mass is 32.1. The van der Waals surface area contributed by atoms with Gasteiger partial charge in [-0.3, -0.25) is 4.98 Å². The zero-order valence-corrected chi connectivity index (χ0v) is 13.6. The van der Waals surface area contributed by atoms with E-state index in [1.807, 2.05) is 12.1 Å². The summed E-state index contributed by atoms with van der Waals surface area (Å²) in [4.78, 5) is 4.02.